The Hall–Kier alpha value is -0.520. The van der Waals surface area contributed by atoms with Crippen molar-refractivity contribution < 1.29 is 19.4 Å². The zero-order chi connectivity index (χ0) is 20.3. The molecule has 3 aliphatic rings. The molecule has 0 amide bonds. The Morgan fingerprint density at radius 3 is 2.59 bits per heavy atom. The number of hydrogen-bond acceptors (Lipinski definition) is 4. The minimum absolute atomic E-state index is 0.272. The highest BCUT2D eigenvalue weighted by molar-refractivity contribution is 7.99. The van der Waals surface area contributed by atoms with Gasteiger partial charge in [-0.15, -0.1) is 0 Å². The molecule has 29 heavy (non-hydrogen) atoms. The van der Waals surface area contributed by atoms with Crippen molar-refractivity contribution in [2.75, 3.05) is 18.1 Å². The van der Waals surface area contributed by atoms with Crippen molar-refractivity contribution in [2.45, 2.75) is 102 Å². The molecule has 0 aromatic carbocycles. The number of thioether (sulfide) groups is 1. The van der Waals surface area contributed by atoms with E-state index in [2.05, 4.69) is 23.9 Å². The molecule has 2 saturated heterocycles. The van der Waals surface area contributed by atoms with Crippen LogP contribution < -0.4 is 0 Å². The van der Waals surface area contributed by atoms with Crippen LogP contribution in [0.25, 0.3) is 0 Å². The van der Waals surface area contributed by atoms with Crippen molar-refractivity contribution >= 4 is 17.7 Å². The lowest BCUT2D eigenvalue weighted by molar-refractivity contribution is -0.137. The summed E-state index contributed by atoms with van der Waals surface area (Å²) in [5.41, 5.74) is 0. The third kappa shape index (κ3) is 7.91. The first-order valence-corrected chi connectivity index (χ1v) is 13.1. The Morgan fingerprint density at radius 2 is 1.79 bits per heavy atom. The summed E-state index contributed by atoms with van der Waals surface area (Å²) >= 11 is 2.11. The number of rotatable bonds is 15. The summed E-state index contributed by atoms with van der Waals surface area (Å²) in [4.78, 5) is 10.6. The number of aliphatic carboxylic acids is 1. The fraction of sp³-hybridized carbons (Fsp3) is 0.875. The lowest BCUT2D eigenvalue weighted by Crippen LogP contribution is -2.27. The monoisotopic (exact) mass is 424 g/mol. The number of hydrogen-bond donors (Lipinski definition) is 1. The van der Waals surface area contributed by atoms with Crippen LogP contribution in [0.15, 0.2) is 12.2 Å². The number of ether oxygens (including phenoxy) is 2. The second-order valence-electron chi connectivity index (χ2n) is 9.00. The summed E-state index contributed by atoms with van der Waals surface area (Å²) in [6.07, 6.45) is 20.5. The molecule has 2 heterocycles. The molecular formula is C24H40O4S. The molecule has 2 aliphatic heterocycles. The van der Waals surface area contributed by atoms with Crippen molar-refractivity contribution in [1.29, 1.82) is 0 Å². The van der Waals surface area contributed by atoms with Gasteiger partial charge < -0.3 is 14.6 Å². The van der Waals surface area contributed by atoms with Crippen molar-refractivity contribution in [3.8, 4) is 0 Å². The molecule has 1 saturated carbocycles. The van der Waals surface area contributed by atoms with E-state index in [0.717, 1.165) is 31.8 Å². The maximum Gasteiger partial charge on any atom is 0.303 e. The molecule has 0 spiro atoms. The number of carbonyl (C=O) groups is 1. The zero-order valence-electron chi connectivity index (χ0n) is 17.9. The summed E-state index contributed by atoms with van der Waals surface area (Å²) in [5, 5.41) is 8.71. The van der Waals surface area contributed by atoms with Gasteiger partial charge in [-0.3, -0.25) is 4.79 Å². The van der Waals surface area contributed by atoms with Crippen LogP contribution in [0.5, 0.6) is 0 Å². The maximum atomic E-state index is 10.6. The summed E-state index contributed by atoms with van der Waals surface area (Å²) in [6.45, 7) is 0.951. The van der Waals surface area contributed by atoms with Crippen LogP contribution in [0.1, 0.15) is 83.5 Å². The number of carboxylic acid groups (broad SMARTS) is 1. The predicted octanol–water partition coefficient (Wildman–Crippen LogP) is 5.84. The van der Waals surface area contributed by atoms with Gasteiger partial charge in [-0.2, -0.15) is 11.8 Å². The number of carboxylic acids is 1. The minimum atomic E-state index is -0.696. The first-order valence-electron chi connectivity index (χ1n) is 12.0. The van der Waals surface area contributed by atoms with E-state index in [0.29, 0.717) is 24.2 Å². The van der Waals surface area contributed by atoms with E-state index >= 15 is 0 Å². The molecule has 1 N–H and O–H groups in total. The fourth-order valence-electron chi connectivity index (χ4n) is 5.27. The largest absolute Gasteiger partial charge is 0.481 e. The molecule has 0 aromatic heterocycles. The first kappa shape index (κ1) is 23.1. The molecule has 0 unspecified atom stereocenters. The van der Waals surface area contributed by atoms with Crippen molar-refractivity contribution in [1.82, 2.24) is 0 Å². The Balaban J connectivity index is 1.23. The maximum absolute atomic E-state index is 10.6. The molecule has 3 rings (SSSR count). The van der Waals surface area contributed by atoms with Crippen LogP contribution in [-0.2, 0) is 14.3 Å². The van der Waals surface area contributed by atoms with Gasteiger partial charge in [0.15, 0.2) is 0 Å². The van der Waals surface area contributed by atoms with Crippen molar-refractivity contribution in [3.63, 3.8) is 0 Å². The average molecular weight is 425 g/mol. The van der Waals surface area contributed by atoms with E-state index in [1.165, 1.54) is 69.3 Å². The van der Waals surface area contributed by atoms with Gasteiger partial charge in [0, 0.05) is 13.0 Å². The van der Waals surface area contributed by atoms with Gasteiger partial charge in [-0.05, 0) is 87.5 Å². The SMILES string of the molecule is O=C(O)CCCC=CC[C@@H]1[C@H](CCSCCCCOC2CCCC2)[C@@H]2CC[C@H]1O2. The van der Waals surface area contributed by atoms with Gasteiger partial charge in [-0.25, -0.2) is 0 Å². The van der Waals surface area contributed by atoms with Crippen LogP contribution in [0.3, 0.4) is 0 Å². The third-order valence-corrected chi connectivity index (χ3v) is 7.96. The van der Waals surface area contributed by atoms with Crippen molar-refractivity contribution in [2.24, 2.45) is 11.8 Å². The van der Waals surface area contributed by atoms with E-state index in [-0.39, 0.29) is 6.42 Å². The molecule has 1 aliphatic carbocycles. The lowest BCUT2D eigenvalue weighted by atomic mass is 9.76. The second kappa shape index (κ2) is 13.0. The summed E-state index contributed by atoms with van der Waals surface area (Å²) in [5.74, 6) is 3.20. The number of allylic oxidation sites excluding steroid dienone is 2. The third-order valence-electron chi connectivity index (χ3n) is 6.86. The molecule has 166 valence electrons. The van der Waals surface area contributed by atoms with Crippen LogP contribution in [0, 0.1) is 11.8 Å². The summed E-state index contributed by atoms with van der Waals surface area (Å²) in [7, 11) is 0. The fourth-order valence-corrected chi connectivity index (χ4v) is 6.32. The highest BCUT2D eigenvalue weighted by Gasteiger charge is 2.47. The van der Waals surface area contributed by atoms with E-state index in [4.69, 9.17) is 14.6 Å². The van der Waals surface area contributed by atoms with Gasteiger partial charge in [0.25, 0.3) is 0 Å². The number of fused-ring (bicyclic) bond motifs is 2. The Bertz CT molecular complexity index is 503. The zero-order valence-corrected chi connectivity index (χ0v) is 18.8. The molecule has 2 bridgehead atoms. The Morgan fingerprint density at radius 1 is 1.00 bits per heavy atom. The molecule has 4 nitrogen and oxygen atoms in total. The first-order chi connectivity index (χ1) is 14.2. The van der Waals surface area contributed by atoms with E-state index in [1.807, 2.05) is 0 Å². The van der Waals surface area contributed by atoms with Gasteiger partial charge >= 0.3 is 5.97 Å². The van der Waals surface area contributed by atoms with Crippen molar-refractivity contribution in [3.05, 3.63) is 12.2 Å². The minimum Gasteiger partial charge on any atom is -0.481 e. The quantitative estimate of drug-likeness (QED) is 0.264. The van der Waals surface area contributed by atoms with Crippen LogP contribution >= 0.6 is 11.8 Å². The molecule has 0 radical (unpaired) electrons. The summed E-state index contributed by atoms with van der Waals surface area (Å²) in [6, 6.07) is 0. The molecular weight excluding hydrogens is 384 g/mol. The van der Waals surface area contributed by atoms with E-state index in [9.17, 15) is 4.79 Å². The molecule has 0 aromatic rings. The average Bonchev–Trinajstić information content (AvgIpc) is 3.44. The predicted molar refractivity (Wildman–Crippen MR) is 120 cm³/mol. The van der Waals surface area contributed by atoms with Crippen LogP contribution in [0.2, 0.25) is 0 Å². The standard InChI is InChI=1S/C24H40O4S/c25-24(26)12-4-2-1-3-11-20-21(23-14-13-22(20)28-23)15-18-29-17-8-7-16-27-19-9-5-6-10-19/h1,3,19-23H,2,4-18H2,(H,25,26)/t20-,21+,22-,23+/m1/s1. The Labute approximate surface area is 181 Å². The normalized spacial score (nSPS) is 29.4. The van der Waals surface area contributed by atoms with E-state index < -0.39 is 5.97 Å². The smallest absolute Gasteiger partial charge is 0.303 e. The number of unbranched alkanes of at least 4 members (excludes halogenated alkanes) is 2. The molecule has 4 atom stereocenters. The highest BCUT2D eigenvalue weighted by atomic mass is 32.2. The Kier molecular flexibility index (Phi) is 10.4. The molecule has 5 heteroatoms. The van der Waals surface area contributed by atoms with Gasteiger partial charge in [-0.1, -0.05) is 25.0 Å². The van der Waals surface area contributed by atoms with Crippen LogP contribution in [-0.4, -0.2) is 47.5 Å². The second-order valence-corrected chi connectivity index (χ2v) is 10.2. The molecule has 3 fully saturated rings. The van der Waals surface area contributed by atoms with Gasteiger partial charge in [0.05, 0.1) is 18.3 Å². The van der Waals surface area contributed by atoms with Crippen LogP contribution in [0.4, 0.5) is 0 Å². The van der Waals surface area contributed by atoms with E-state index in [1.54, 1.807) is 0 Å². The topological polar surface area (TPSA) is 55.8 Å². The highest BCUT2D eigenvalue weighted by Crippen LogP contribution is 2.47. The van der Waals surface area contributed by atoms with Gasteiger partial charge in [0.2, 0.25) is 0 Å². The lowest BCUT2D eigenvalue weighted by Gasteiger charge is -2.27. The van der Waals surface area contributed by atoms with Gasteiger partial charge in [0.1, 0.15) is 0 Å². The summed E-state index contributed by atoms with van der Waals surface area (Å²) < 4.78 is 12.2.